The van der Waals surface area contributed by atoms with Crippen LogP contribution in [0.5, 0.6) is 0 Å². The standard InChI is InChI=1S/C22H24N4O3/c27-20(15-26-13-16-5-1-2-7-19(16)22(26)29)24-18-10-12-25(14-18)21(28)9-8-17-6-3-4-11-23-17/h1-7,11,18H,8-10,12-15H2,(H,24,27)/t18-/m0/s1. The number of carbonyl (C=O) groups excluding carboxylic acids is 3. The number of nitrogens with one attached hydrogen (secondary N) is 1. The Bertz CT molecular complexity index is 915. The molecular weight excluding hydrogens is 368 g/mol. The molecule has 0 unspecified atom stereocenters. The summed E-state index contributed by atoms with van der Waals surface area (Å²) in [6, 6.07) is 13.0. The molecule has 0 bridgehead atoms. The Morgan fingerprint density at radius 3 is 2.76 bits per heavy atom. The molecule has 7 nitrogen and oxygen atoms in total. The van der Waals surface area contributed by atoms with Gasteiger partial charge in [0, 0.05) is 49.6 Å². The topological polar surface area (TPSA) is 82.6 Å². The summed E-state index contributed by atoms with van der Waals surface area (Å²) in [7, 11) is 0. The second-order valence-electron chi connectivity index (χ2n) is 7.53. The first-order chi connectivity index (χ1) is 14.1. The summed E-state index contributed by atoms with van der Waals surface area (Å²) in [6.45, 7) is 1.66. The Balaban J connectivity index is 1.22. The average molecular weight is 392 g/mol. The summed E-state index contributed by atoms with van der Waals surface area (Å²) in [5.74, 6) is -0.204. The van der Waals surface area contributed by atoms with Crippen LogP contribution in [0.2, 0.25) is 0 Å². The van der Waals surface area contributed by atoms with Gasteiger partial charge < -0.3 is 15.1 Å². The summed E-state index contributed by atoms with van der Waals surface area (Å²) in [4.78, 5) is 44.8. The van der Waals surface area contributed by atoms with Crippen molar-refractivity contribution in [3.8, 4) is 0 Å². The molecule has 1 fully saturated rings. The molecule has 1 atom stereocenters. The molecule has 1 aromatic heterocycles. The summed E-state index contributed by atoms with van der Waals surface area (Å²) >= 11 is 0. The van der Waals surface area contributed by atoms with Gasteiger partial charge in [0.05, 0.1) is 0 Å². The number of carbonyl (C=O) groups is 3. The van der Waals surface area contributed by atoms with Crippen molar-refractivity contribution in [3.63, 3.8) is 0 Å². The molecular formula is C22H24N4O3. The molecule has 0 saturated carbocycles. The lowest BCUT2D eigenvalue weighted by Gasteiger charge is -2.19. The predicted molar refractivity (Wildman–Crippen MR) is 107 cm³/mol. The van der Waals surface area contributed by atoms with Crippen molar-refractivity contribution in [3.05, 3.63) is 65.5 Å². The van der Waals surface area contributed by atoms with Gasteiger partial charge >= 0.3 is 0 Å². The molecule has 1 saturated heterocycles. The number of aromatic nitrogens is 1. The maximum Gasteiger partial charge on any atom is 0.254 e. The summed E-state index contributed by atoms with van der Waals surface area (Å²) < 4.78 is 0. The molecule has 2 aliphatic rings. The Hall–Kier alpha value is -3.22. The molecule has 0 radical (unpaired) electrons. The fourth-order valence-electron chi connectivity index (χ4n) is 3.93. The van der Waals surface area contributed by atoms with Crippen molar-refractivity contribution in [1.29, 1.82) is 0 Å². The fourth-order valence-corrected chi connectivity index (χ4v) is 3.93. The van der Waals surface area contributed by atoms with Crippen molar-refractivity contribution in [1.82, 2.24) is 20.1 Å². The van der Waals surface area contributed by atoms with Gasteiger partial charge in [0.2, 0.25) is 11.8 Å². The first kappa shape index (κ1) is 19.1. The van der Waals surface area contributed by atoms with E-state index in [1.807, 2.05) is 36.4 Å². The quantitative estimate of drug-likeness (QED) is 0.805. The van der Waals surface area contributed by atoms with E-state index in [1.165, 1.54) is 0 Å². The average Bonchev–Trinajstić information content (AvgIpc) is 3.32. The van der Waals surface area contributed by atoms with Gasteiger partial charge in [-0.05, 0) is 36.6 Å². The van der Waals surface area contributed by atoms with E-state index in [9.17, 15) is 14.4 Å². The SMILES string of the molecule is O=C(CN1Cc2ccccc2C1=O)N[C@H]1CCN(C(=O)CCc2ccccn2)C1. The third kappa shape index (κ3) is 4.45. The fraction of sp³-hybridized carbons (Fsp3) is 0.364. The second kappa shape index (κ2) is 8.43. The van der Waals surface area contributed by atoms with E-state index in [4.69, 9.17) is 0 Å². The van der Waals surface area contributed by atoms with Crippen LogP contribution in [-0.4, -0.2) is 58.2 Å². The zero-order valence-electron chi connectivity index (χ0n) is 16.2. The minimum absolute atomic E-state index is 0.0393. The molecule has 7 heteroatoms. The Morgan fingerprint density at radius 1 is 1.14 bits per heavy atom. The molecule has 3 heterocycles. The van der Waals surface area contributed by atoms with Gasteiger partial charge in [0.15, 0.2) is 0 Å². The minimum atomic E-state index is -0.182. The number of benzene rings is 1. The van der Waals surface area contributed by atoms with E-state index in [0.717, 1.165) is 17.7 Å². The first-order valence-electron chi connectivity index (χ1n) is 9.94. The Kier molecular flexibility index (Phi) is 5.55. The van der Waals surface area contributed by atoms with E-state index in [0.29, 0.717) is 38.0 Å². The molecule has 150 valence electrons. The van der Waals surface area contributed by atoms with Crippen LogP contribution in [0.25, 0.3) is 0 Å². The van der Waals surface area contributed by atoms with Crippen LogP contribution in [0.15, 0.2) is 48.7 Å². The molecule has 0 spiro atoms. The van der Waals surface area contributed by atoms with Crippen molar-refractivity contribution < 1.29 is 14.4 Å². The van der Waals surface area contributed by atoms with E-state index in [1.54, 1.807) is 22.1 Å². The van der Waals surface area contributed by atoms with Crippen molar-refractivity contribution >= 4 is 17.7 Å². The Labute approximate surface area is 169 Å². The second-order valence-corrected chi connectivity index (χ2v) is 7.53. The molecule has 2 aliphatic heterocycles. The zero-order valence-corrected chi connectivity index (χ0v) is 16.2. The zero-order chi connectivity index (χ0) is 20.2. The number of hydrogen-bond donors (Lipinski definition) is 1. The number of pyridine rings is 1. The molecule has 1 aromatic carbocycles. The number of amides is 3. The van der Waals surface area contributed by atoms with Crippen LogP contribution >= 0.6 is 0 Å². The number of fused-ring (bicyclic) bond motifs is 1. The number of aryl methyl sites for hydroxylation is 1. The smallest absolute Gasteiger partial charge is 0.254 e. The van der Waals surface area contributed by atoms with Crippen LogP contribution < -0.4 is 5.32 Å². The van der Waals surface area contributed by atoms with Gasteiger partial charge in [-0.25, -0.2) is 0 Å². The van der Waals surface area contributed by atoms with Crippen LogP contribution in [0.1, 0.15) is 34.5 Å². The molecule has 4 rings (SSSR count). The van der Waals surface area contributed by atoms with E-state index >= 15 is 0 Å². The maximum atomic E-state index is 12.4. The lowest BCUT2D eigenvalue weighted by atomic mass is 10.1. The molecule has 0 aliphatic carbocycles. The van der Waals surface area contributed by atoms with Crippen LogP contribution in [0, 0.1) is 0 Å². The van der Waals surface area contributed by atoms with Crippen molar-refractivity contribution in [2.75, 3.05) is 19.6 Å². The largest absolute Gasteiger partial charge is 0.350 e. The van der Waals surface area contributed by atoms with E-state index < -0.39 is 0 Å². The summed E-state index contributed by atoms with van der Waals surface area (Å²) in [5.41, 5.74) is 2.53. The highest BCUT2D eigenvalue weighted by molar-refractivity contribution is 6.00. The summed E-state index contributed by atoms with van der Waals surface area (Å²) in [6.07, 6.45) is 3.49. The summed E-state index contributed by atoms with van der Waals surface area (Å²) in [5, 5.41) is 2.97. The van der Waals surface area contributed by atoms with Crippen LogP contribution in [-0.2, 0) is 22.6 Å². The highest BCUT2D eigenvalue weighted by Gasteiger charge is 2.31. The lowest BCUT2D eigenvalue weighted by Crippen LogP contribution is -2.43. The van der Waals surface area contributed by atoms with Crippen LogP contribution in [0.4, 0.5) is 0 Å². The first-order valence-corrected chi connectivity index (χ1v) is 9.94. The van der Waals surface area contributed by atoms with Gasteiger partial charge in [0.1, 0.15) is 6.54 Å². The Morgan fingerprint density at radius 2 is 1.97 bits per heavy atom. The monoisotopic (exact) mass is 392 g/mol. The van der Waals surface area contributed by atoms with Gasteiger partial charge in [-0.2, -0.15) is 0 Å². The number of nitrogens with zero attached hydrogens (tertiary/aromatic N) is 3. The lowest BCUT2D eigenvalue weighted by molar-refractivity contribution is -0.130. The van der Waals surface area contributed by atoms with E-state index in [-0.39, 0.29) is 30.3 Å². The number of rotatable bonds is 6. The molecule has 2 aromatic rings. The van der Waals surface area contributed by atoms with Gasteiger partial charge in [-0.1, -0.05) is 24.3 Å². The number of hydrogen-bond acceptors (Lipinski definition) is 4. The van der Waals surface area contributed by atoms with E-state index in [2.05, 4.69) is 10.3 Å². The van der Waals surface area contributed by atoms with Gasteiger partial charge in [0.25, 0.3) is 5.91 Å². The third-order valence-electron chi connectivity index (χ3n) is 5.46. The molecule has 3 amide bonds. The molecule has 1 N–H and O–H groups in total. The number of likely N-dealkylation sites (tertiary alicyclic amines) is 1. The van der Waals surface area contributed by atoms with Gasteiger partial charge in [-0.15, -0.1) is 0 Å². The normalized spacial score (nSPS) is 18.1. The highest BCUT2D eigenvalue weighted by atomic mass is 16.2. The van der Waals surface area contributed by atoms with Crippen molar-refractivity contribution in [2.24, 2.45) is 0 Å². The minimum Gasteiger partial charge on any atom is -0.350 e. The maximum absolute atomic E-state index is 12.4. The third-order valence-corrected chi connectivity index (χ3v) is 5.46. The predicted octanol–water partition coefficient (Wildman–Crippen LogP) is 1.39. The highest BCUT2D eigenvalue weighted by Crippen LogP contribution is 2.22. The molecule has 29 heavy (non-hydrogen) atoms. The van der Waals surface area contributed by atoms with Crippen LogP contribution in [0.3, 0.4) is 0 Å². The van der Waals surface area contributed by atoms with Gasteiger partial charge in [-0.3, -0.25) is 19.4 Å². The van der Waals surface area contributed by atoms with Crippen molar-refractivity contribution in [2.45, 2.75) is 31.8 Å².